The highest BCUT2D eigenvalue weighted by atomic mass is 16.4. The number of carbonyl (C=O) groups is 1. The highest BCUT2D eigenvalue weighted by molar-refractivity contribution is 5.94. The Kier molecular flexibility index (Phi) is 4.94. The Morgan fingerprint density at radius 3 is 2.73 bits per heavy atom. The molecule has 3 aromatic heterocycles. The fraction of sp³-hybridized carbons (Fsp3) is 0.115. The van der Waals surface area contributed by atoms with Crippen LogP contribution in [0.1, 0.15) is 34.5 Å². The van der Waals surface area contributed by atoms with Gasteiger partial charge in [0.2, 0.25) is 0 Å². The van der Waals surface area contributed by atoms with Crippen LogP contribution in [0.2, 0.25) is 0 Å². The van der Waals surface area contributed by atoms with Crippen molar-refractivity contribution in [3.05, 3.63) is 93.8 Å². The van der Waals surface area contributed by atoms with E-state index in [1.165, 1.54) is 6.07 Å². The predicted molar refractivity (Wildman–Crippen MR) is 128 cm³/mol. The summed E-state index contributed by atoms with van der Waals surface area (Å²) < 4.78 is 6.27. The SMILES string of the molecule is Cc1cc(C(C)Nc2ccccc2C(=O)O)c2oc(-c3cc4cccnc4[nH]3)cc(=O)c2c1. The van der Waals surface area contributed by atoms with Gasteiger partial charge in [-0.3, -0.25) is 4.79 Å². The molecule has 0 bridgehead atoms. The maximum Gasteiger partial charge on any atom is 0.337 e. The summed E-state index contributed by atoms with van der Waals surface area (Å²) in [4.78, 5) is 32.2. The van der Waals surface area contributed by atoms with E-state index in [1.54, 1.807) is 36.5 Å². The molecule has 3 N–H and O–H groups in total. The molecule has 0 aliphatic rings. The van der Waals surface area contributed by atoms with E-state index in [2.05, 4.69) is 15.3 Å². The molecule has 3 heterocycles. The van der Waals surface area contributed by atoms with Gasteiger partial charge in [-0.05, 0) is 55.8 Å². The van der Waals surface area contributed by atoms with Crippen LogP contribution >= 0.6 is 0 Å². The lowest BCUT2D eigenvalue weighted by molar-refractivity contribution is 0.0698. The van der Waals surface area contributed by atoms with Gasteiger partial charge in [0.15, 0.2) is 11.2 Å². The average molecular weight is 439 g/mol. The van der Waals surface area contributed by atoms with Crippen molar-refractivity contribution in [3.63, 3.8) is 0 Å². The first kappa shape index (κ1) is 20.5. The summed E-state index contributed by atoms with van der Waals surface area (Å²) in [7, 11) is 0. The van der Waals surface area contributed by atoms with Crippen molar-refractivity contribution < 1.29 is 14.3 Å². The molecule has 1 atom stereocenters. The van der Waals surface area contributed by atoms with E-state index in [4.69, 9.17) is 4.42 Å². The lowest BCUT2D eigenvalue weighted by Crippen LogP contribution is -2.12. The molecule has 0 amide bonds. The van der Waals surface area contributed by atoms with E-state index in [9.17, 15) is 14.7 Å². The van der Waals surface area contributed by atoms with Crippen molar-refractivity contribution in [2.45, 2.75) is 19.9 Å². The minimum absolute atomic E-state index is 0.152. The van der Waals surface area contributed by atoms with Gasteiger partial charge in [0.05, 0.1) is 22.7 Å². The Balaban J connectivity index is 1.64. The van der Waals surface area contributed by atoms with Crippen molar-refractivity contribution >= 4 is 33.7 Å². The van der Waals surface area contributed by atoms with E-state index in [0.717, 1.165) is 16.5 Å². The summed E-state index contributed by atoms with van der Waals surface area (Å²) in [6.07, 6.45) is 1.70. The van der Waals surface area contributed by atoms with E-state index in [-0.39, 0.29) is 17.0 Å². The summed E-state index contributed by atoms with van der Waals surface area (Å²) >= 11 is 0. The first-order valence-corrected chi connectivity index (χ1v) is 10.5. The molecule has 0 fully saturated rings. The number of anilines is 1. The van der Waals surface area contributed by atoms with Gasteiger partial charge >= 0.3 is 5.97 Å². The molecule has 7 heteroatoms. The minimum atomic E-state index is -1.01. The Hall–Kier alpha value is -4.39. The quantitative estimate of drug-likeness (QED) is 0.333. The molecule has 5 aromatic rings. The largest absolute Gasteiger partial charge is 0.478 e. The van der Waals surface area contributed by atoms with Crippen molar-refractivity contribution in [3.8, 4) is 11.5 Å². The van der Waals surface area contributed by atoms with E-state index >= 15 is 0 Å². The lowest BCUT2D eigenvalue weighted by Gasteiger charge is -2.19. The van der Waals surface area contributed by atoms with Gasteiger partial charge in [-0.1, -0.05) is 18.2 Å². The van der Waals surface area contributed by atoms with Gasteiger partial charge in [0.25, 0.3) is 0 Å². The lowest BCUT2D eigenvalue weighted by atomic mass is 10.0. The number of aromatic nitrogens is 2. The number of nitrogens with zero attached hydrogens (tertiary/aromatic N) is 1. The first-order valence-electron chi connectivity index (χ1n) is 10.5. The van der Waals surface area contributed by atoms with Crippen molar-refractivity contribution in [1.82, 2.24) is 9.97 Å². The topological polar surface area (TPSA) is 108 Å². The van der Waals surface area contributed by atoms with Crippen LogP contribution in [-0.4, -0.2) is 21.0 Å². The Morgan fingerprint density at radius 1 is 1.12 bits per heavy atom. The maximum atomic E-state index is 13.0. The standard InChI is InChI=1S/C26H21N3O4/c1-14-10-18(15(2)28-20-8-4-3-7-17(20)26(31)32)24-19(11-14)22(30)13-23(33-24)21-12-16-6-5-9-27-25(16)29-21/h3-13,15,28H,1-2H3,(H,27,29)(H,31,32). The normalized spacial score (nSPS) is 12.2. The smallest absolute Gasteiger partial charge is 0.337 e. The highest BCUT2D eigenvalue weighted by Crippen LogP contribution is 2.31. The number of aryl methyl sites for hydroxylation is 1. The second-order valence-corrected chi connectivity index (χ2v) is 8.05. The third-order valence-corrected chi connectivity index (χ3v) is 5.65. The molecule has 0 aliphatic heterocycles. The molecule has 0 saturated heterocycles. The molecule has 164 valence electrons. The molecule has 1 unspecified atom stereocenters. The Morgan fingerprint density at radius 2 is 1.94 bits per heavy atom. The second-order valence-electron chi connectivity index (χ2n) is 8.05. The number of benzene rings is 2. The van der Waals surface area contributed by atoms with Gasteiger partial charge in [0, 0.05) is 28.9 Å². The number of aromatic amines is 1. The third-order valence-electron chi connectivity index (χ3n) is 5.65. The fourth-order valence-electron chi connectivity index (χ4n) is 4.09. The van der Waals surface area contributed by atoms with Gasteiger partial charge < -0.3 is 19.8 Å². The number of aromatic carboxylic acids is 1. The average Bonchev–Trinajstić information content (AvgIpc) is 3.23. The summed E-state index contributed by atoms with van der Waals surface area (Å²) in [6, 6.07) is 17.3. The van der Waals surface area contributed by atoms with Crippen LogP contribution in [0.3, 0.4) is 0 Å². The van der Waals surface area contributed by atoms with Crippen LogP contribution in [0.4, 0.5) is 5.69 Å². The van der Waals surface area contributed by atoms with Gasteiger partial charge in [0.1, 0.15) is 11.2 Å². The predicted octanol–water partition coefficient (Wildman–Crippen LogP) is 5.52. The molecule has 2 aromatic carbocycles. The fourth-order valence-corrected chi connectivity index (χ4v) is 4.09. The molecule has 5 rings (SSSR count). The number of hydrogen-bond donors (Lipinski definition) is 3. The number of H-pyrrole nitrogens is 1. The second kappa shape index (κ2) is 7.94. The zero-order chi connectivity index (χ0) is 23.1. The summed E-state index contributed by atoms with van der Waals surface area (Å²) in [5, 5.41) is 14.2. The number of nitrogens with one attached hydrogen (secondary N) is 2. The summed E-state index contributed by atoms with van der Waals surface area (Å²) in [5.74, 6) is -0.602. The minimum Gasteiger partial charge on any atom is -0.478 e. The van der Waals surface area contributed by atoms with Crippen molar-refractivity contribution in [1.29, 1.82) is 0 Å². The molecule has 7 nitrogen and oxygen atoms in total. The Bertz CT molecular complexity index is 1550. The number of fused-ring (bicyclic) bond motifs is 2. The van der Waals surface area contributed by atoms with Crippen LogP contribution in [0.15, 0.2) is 76.1 Å². The van der Waals surface area contributed by atoms with Crippen LogP contribution < -0.4 is 10.7 Å². The van der Waals surface area contributed by atoms with Crippen molar-refractivity contribution in [2.24, 2.45) is 0 Å². The highest BCUT2D eigenvalue weighted by Gasteiger charge is 2.19. The molecule has 33 heavy (non-hydrogen) atoms. The number of hydrogen-bond acceptors (Lipinski definition) is 5. The van der Waals surface area contributed by atoms with Crippen molar-refractivity contribution in [2.75, 3.05) is 5.32 Å². The summed E-state index contributed by atoms with van der Waals surface area (Å²) in [6.45, 7) is 3.82. The van der Waals surface area contributed by atoms with E-state index in [0.29, 0.717) is 33.8 Å². The van der Waals surface area contributed by atoms with Crippen LogP contribution in [0.25, 0.3) is 33.5 Å². The summed E-state index contributed by atoms with van der Waals surface area (Å²) in [5.41, 5.74) is 4.02. The van der Waals surface area contributed by atoms with Gasteiger partial charge in [-0.25, -0.2) is 9.78 Å². The third kappa shape index (κ3) is 3.74. The van der Waals surface area contributed by atoms with E-state index in [1.807, 2.05) is 38.1 Å². The molecular formula is C26H21N3O4. The zero-order valence-corrected chi connectivity index (χ0v) is 18.0. The molecular weight excluding hydrogens is 418 g/mol. The van der Waals surface area contributed by atoms with Crippen LogP contribution in [0, 0.1) is 6.92 Å². The van der Waals surface area contributed by atoms with Crippen LogP contribution in [0.5, 0.6) is 0 Å². The number of carboxylic acid groups (broad SMARTS) is 1. The monoisotopic (exact) mass is 439 g/mol. The molecule has 0 saturated carbocycles. The van der Waals surface area contributed by atoms with E-state index < -0.39 is 5.97 Å². The van der Waals surface area contributed by atoms with Crippen LogP contribution in [-0.2, 0) is 0 Å². The number of pyridine rings is 1. The number of rotatable bonds is 5. The molecule has 0 radical (unpaired) electrons. The number of para-hydroxylation sites is 1. The molecule has 0 spiro atoms. The molecule has 0 aliphatic carbocycles. The maximum absolute atomic E-state index is 13.0. The zero-order valence-electron chi connectivity index (χ0n) is 18.0. The number of carboxylic acids is 1. The van der Waals surface area contributed by atoms with Gasteiger partial charge in [-0.15, -0.1) is 0 Å². The van der Waals surface area contributed by atoms with Gasteiger partial charge in [-0.2, -0.15) is 0 Å². The Labute approximate surface area is 188 Å². The first-order chi connectivity index (χ1) is 15.9.